The molecule has 0 N–H and O–H groups in total. The summed E-state index contributed by atoms with van der Waals surface area (Å²) in [5, 5.41) is 11.8. The van der Waals surface area contributed by atoms with E-state index in [1.165, 1.54) is 0 Å². The number of nitrogens with zero attached hydrogens (tertiary/aromatic N) is 1. The van der Waals surface area contributed by atoms with Crippen LogP contribution in [0.4, 0.5) is 0 Å². The number of carbonyl (C=O) groups excluding carboxylic acids is 1. The maximum absolute atomic E-state index is 12.0. The lowest BCUT2D eigenvalue weighted by Gasteiger charge is -2.26. The lowest BCUT2D eigenvalue weighted by molar-refractivity contribution is -0.541. The molecule has 0 radical (unpaired) electrons. The van der Waals surface area contributed by atoms with Crippen LogP contribution in [0, 0.1) is 16.0 Å². The van der Waals surface area contributed by atoms with Crippen molar-refractivity contribution in [2.75, 3.05) is 13.2 Å². The van der Waals surface area contributed by atoms with Gasteiger partial charge in [-0.1, -0.05) is 30.3 Å². The van der Waals surface area contributed by atoms with E-state index in [4.69, 9.17) is 14.2 Å². The van der Waals surface area contributed by atoms with Crippen molar-refractivity contribution >= 4 is 5.97 Å². The van der Waals surface area contributed by atoms with E-state index >= 15 is 0 Å². The number of ether oxygens (including phenoxy) is 3. The number of hydrogen-bond donors (Lipinski definition) is 0. The standard InChI is InChI=1S/C17H23NO6/c1-4-22-15(19)10-13(14-11-23-17(2,3)24-14)16(18(20)21)12-8-6-5-7-9-12/h5-9,13-14,16H,4,10-11H2,1-3H3. The van der Waals surface area contributed by atoms with Gasteiger partial charge in [-0.05, 0) is 20.8 Å². The molecule has 1 aliphatic heterocycles. The van der Waals surface area contributed by atoms with Crippen molar-refractivity contribution in [1.29, 1.82) is 0 Å². The van der Waals surface area contributed by atoms with Crippen LogP contribution in [0.5, 0.6) is 0 Å². The molecule has 2 rings (SSSR count). The molecule has 1 aliphatic rings. The van der Waals surface area contributed by atoms with Crippen LogP contribution in [0.25, 0.3) is 0 Å². The van der Waals surface area contributed by atoms with E-state index in [1.807, 2.05) is 0 Å². The molecule has 24 heavy (non-hydrogen) atoms. The first-order chi connectivity index (χ1) is 11.3. The van der Waals surface area contributed by atoms with Gasteiger partial charge in [0.15, 0.2) is 5.79 Å². The summed E-state index contributed by atoms with van der Waals surface area (Å²) in [5.74, 6) is -1.98. The number of benzene rings is 1. The molecule has 0 amide bonds. The van der Waals surface area contributed by atoms with Crippen LogP contribution in [-0.4, -0.2) is 36.0 Å². The molecule has 0 aliphatic carbocycles. The quantitative estimate of drug-likeness (QED) is 0.432. The Bertz CT molecular complexity index is 574. The minimum atomic E-state index is -1.07. The van der Waals surface area contributed by atoms with Gasteiger partial charge in [-0.3, -0.25) is 14.9 Å². The molecular weight excluding hydrogens is 314 g/mol. The van der Waals surface area contributed by atoms with Gasteiger partial charge in [-0.15, -0.1) is 0 Å². The van der Waals surface area contributed by atoms with Gasteiger partial charge in [-0.2, -0.15) is 0 Å². The Morgan fingerprint density at radius 3 is 2.58 bits per heavy atom. The maximum atomic E-state index is 12.0. The van der Waals surface area contributed by atoms with Crippen molar-refractivity contribution in [3.05, 3.63) is 46.0 Å². The highest BCUT2D eigenvalue weighted by molar-refractivity contribution is 5.69. The van der Waals surface area contributed by atoms with Crippen LogP contribution in [-0.2, 0) is 19.0 Å². The largest absolute Gasteiger partial charge is 0.466 e. The third kappa shape index (κ3) is 4.52. The number of rotatable bonds is 7. The fraction of sp³-hybridized carbons (Fsp3) is 0.588. The molecule has 1 aromatic carbocycles. The van der Waals surface area contributed by atoms with Crippen LogP contribution in [0.2, 0.25) is 0 Å². The molecule has 3 unspecified atom stereocenters. The molecule has 0 spiro atoms. The lowest BCUT2D eigenvalue weighted by Crippen LogP contribution is -2.36. The zero-order valence-electron chi connectivity index (χ0n) is 14.1. The monoisotopic (exact) mass is 337 g/mol. The van der Waals surface area contributed by atoms with E-state index in [2.05, 4.69) is 0 Å². The zero-order valence-corrected chi connectivity index (χ0v) is 14.1. The van der Waals surface area contributed by atoms with Crippen molar-refractivity contribution in [3.8, 4) is 0 Å². The summed E-state index contributed by atoms with van der Waals surface area (Å²) in [6.45, 7) is 5.63. The molecule has 0 saturated carbocycles. The SMILES string of the molecule is CCOC(=O)CC(C1COC(C)(C)O1)C(c1ccccc1)[N+](=O)[O-]. The molecule has 1 saturated heterocycles. The first-order valence-electron chi connectivity index (χ1n) is 8.00. The van der Waals surface area contributed by atoms with Gasteiger partial charge < -0.3 is 14.2 Å². The summed E-state index contributed by atoms with van der Waals surface area (Å²) < 4.78 is 16.3. The predicted octanol–water partition coefficient (Wildman–Crippen LogP) is 2.73. The number of esters is 1. The smallest absolute Gasteiger partial charge is 0.306 e. The number of nitro groups is 1. The predicted molar refractivity (Wildman–Crippen MR) is 85.8 cm³/mol. The molecule has 0 aromatic heterocycles. The molecule has 3 atom stereocenters. The third-order valence-electron chi connectivity index (χ3n) is 3.99. The van der Waals surface area contributed by atoms with Crippen LogP contribution in [0.15, 0.2) is 30.3 Å². The highest BCUT2D eigenvalue weighted by Crippen LogP contribution is 2.37. The molecule has 1 fully saturated rings. The van der Waals surface area contributed by atoms with E-state index in [9.17, 15) is 14.9 Å². The molecule has 1 aromatic rings. The highest BCUT2D eigenvalue weighted by atomic mass is 16.7. The second kappa shape index (κ2) is 7.72. The average molecular weight is 337 g/mol. The van der Waals surface area contributed by atoms with Crippen molar-refractivity contribution in [2.45, 2.75) is 45.1 Å². The fourth-order valence-electron chi connectivity index (χ4n) is 2.96. The summed E-state index contributed by atoms with van der Waals surface area (Å²) in [6.07, 6.45) is -0.654. The maximum Gasteiger partial charge on any atom is 0.306 e. The highest BCUT2D eigenvalue weighted by Gasteiger charge is 2.46. The third-order valence-corrected chi connectivity index (χ3v) is 3.99. The Morgan fingerprint density at radius 2 is 2.08 bits per heavy atom. The fourth-order valence-corrected chi connectivity index (χ4v) is 2.96. The van der Waals surface area contributed by atoms with Crippen LogP contribution in [0.3, 0.4) is 0 Å². The topological polar surface area (TPSA) is 87.9 Å². The zero-order chi connectivity index (χ0) is 17.7. The molecule has 7 heteroatoms. The Kier molecular flexibility index (Phi) is 5.90. The first-order valence-corrected chi connectivity index (χ1v) is 8.00. The van der Waals surface area contributed by atoms with Crippen LogP contribution >= 0.6 is 0 Å². The minimum Gasteiger partial charge on any atom is -0.466 e. The van der Waals surface area contributed by atoms with Crippen LogP contribution < -0.4 is 0 Å². The second-order valence-corrected chi connectivity index (χ2v) is 6.18. The second-order valence-electron chi connectivity index (χ2n) is 6.18. The molecule has 1 heterocycles. The van der Waals surface area contributed by atoms with Gasteiger partial charge in [0, 0.05) is 10.5 Å². The summed E-state index contributed by atoms with van der Waals surface area (Å²) >= 11 is 0. The van der Waals surface area contributed by atoms with Crippen molar-refractivity contribution in [2.24, 2.45) is 5.92 Å². The minimum absolute atomic E-state index is 0.0987. The van der Waals surface area contributed by atoms with Gasteiger partial charge >= 0.3 is 5.97 Å². The van der Waals surface area contributed by atoms with Gasteiger partial charge in [0.25, 0.3) is 0 Å². The van der Waals surface area contributed by atoms with Gasteiger partial charge in [0.2, 0.25) is 6.04 Å². The first kappa shape index (κ1) is 18.4. The Balaban J connectivity index is 2.31. The Morgan fingerprint density at radius 1 is 1.42 bits per heavy atom. The summed E-state index contributed by atoms with van der Waals surface area (Å²) in [4.78, 5) is 23.4. The number of carbonyl (C=O) groups is 1. The van der Waals surface area contributed by atoms with E-state index in [-0.39, 0.29) is 24.6 Å². The average Bonchev–Trinajstić information content (AvgIpc) is 2.87. The summed E-state index contributed by atoms with van der Waals surface area (Å²) in [5.41, 5.74) is 0.533. The van der Waals surface area contributed by atoms with Crippen molar-refractivity contribution in [1.82, 2.24) is 0 Å². The number of hydrogen-bond acceptors (Lipinski definition) is 6. The Hall–Kier alpha value is -1.99. The van der Waals surface area contributed by atoms with Crippen molar-refractivity contribution in [3.63, 3.8) is 0 Å². The molecule has 132 valence electrons. The molecular formula is C17H23NO6. The van der Waals surface area contributed by atoms with Gasteiger partial charge in [0.1, 0.15) is 0 Å². The van der Waals surface area contributed by atoms with E-state index < -0.39 is 29.8 Å². The van der Waals surface area contributed by atoms with E-state index in [0.717, 1.165) is 0 Å². The van der Waals surface area contributed by atoms with E-state index in [0.29, 0.717) is 5.56 Å². The Labute approximate surface area is 141 Å². The van der Waals surface area contributed by atoms with Crippen LogP contribution in [0.1, 0.15) is 38.8 Å². The van der Waals surface area contributed by atoms with Gasteiger partial charge in [0.05, 0.1) is 31.7 Å². The lowest BCUT2D eigenvalue weighted by atomic mass is 9.86. The summed E-state index contributed by atoms with van der Waals surface area (Å²) in [7, 11) is 0. The summed E-state index contributed by atoms with van der Waals surface area (Å²) in [6, 6.07) is 7.57. The van der Waals surface area contributed by atoms with Crippen molar-refractivity contribution < 1.29 is 23.9 Å². The van der Waals surface area contributed by atoms with E-state index in [1.54, 1.807) is 51.1 Å². The molecule has 7 nitrogen and oxygen atoms in total. The van der Waals surface area contributed by atoms with Gasteiger partial charge in [-0.25, -0.2) is 0 Å². The normalized spacial score (nSPS) is 21.9. The molecule has 0 bridgehead atoms.